The Morgan fingerprint density at radius 2 is 1.45 bits per heavy atom. The minimum absolute atomic E-state index is 1.16. The van der Waals surface area contributed by atoms with E-state index in [0.29, 0.717) is 0 Å². The molecule has 0 aliphatic heterocycles. The Hall–Kier alpha value is 0.778. The van der Waals surface area contributed by atoms with Crippen LogP contribution >= 0.6 is 0 Å². The molecule has 0 atom stereocenters. The Balaban J connectivity index is 3.25. The summed E-state index contributed by atoms with van der Waals surface area (Å²) in [5.41, 5.74) is 0. The van der Waals surface area contributed by atoms with Gasteiger partial charge >= 0.3 is 79.0 Å². The minimum atomic E-state index is -1.16. The van der Waals surface area contributed by atoms with Gasteiger partial charge in [0.2, 0.25) is 0 Å². The summed E-state index contributed by atoms with van der Waals surface area (Å²) >= 11 is -1.16. The average Bonchev–Trinajstić information content (AvgIpc) is 2.05. The maximum absolute atomic E-state index is 5.54. The SMILES string of the molecule is CCC[CH2][Sb]([CH2]CCC)[O]C. The van der Waals surface area contributed by atoms with E-state index in [4.69, 9.17) is 3.02 Å². The Kier molecular flexibility index (Phi) is 9.50. The van der Waals surface area contributed by atoms with Gasteiger partial charge in [-0.2, -0.15) is 0 Å². The molecular formula is C9H21OSb. The molecule has 2 heteroatoms. The van der Waals surface area contributed by atoms with Crippen LogP contribution in [0.5, 0.6) is 0 Å². The zero-order valence-electron chi connectivity index (χ0n) is 8.10. The van der Waals surface area contributed by atoms with E-state index in [9.17, 15) is 0 Å². The molecule has 0 aromatic heterocycles. The molecule has 1 nitrogen and oxygen atoms in total. The topological polar surface area (TPSA) is 9.23 Å². The summed E-state index contributed by atoms with van der Waals surface area (Å²) in [7, 11) is 1.91. The molecule has 0 unspecified atom stereocenters. The van der Waals surface area contributed by atoms with Gasteiger partial charge in [0.1, 0.15) is 0 Å². The van der Waals surface area contributed by atoms with Crippen LogP contribution in [0.4, 0.5) is 0 Å². The van der Waals surface area contributed by atoms with E-state index < -0.39 is 20.6 Å². The second-order valence-corrected chi connectivity index (χ2v) is 9.16. The van der Waals surface area contributed by atoms with Crippen LogP contribution in [0.2, 0.25) is 8.73 Å². The maximum atomic E-state index is 5.54. The average molecular weight is 267 g/mol. The van der Waals surface area contributed by atoms with E-state index in [-0.39, 0.29) is 0 Å². The third-order valence-corrected chi connectivity index (χ3v) is 7.91. The van der Waals surface area contributed by atoms with E-state index >= 15 is 0 Å². The van der Waals surface area contributed by atoms with E-state index in [2.05, 4.69) is 13.8 Å². The first-order valence-electron chi connectivity index (χ1n) is 4.64. The standard InChI is InChI=1S/2C4H9.CH3O.Sb/c2*1-3-4-2;1-2;/h2*1,3-4H2,2H3;1H3;/q;;-1;+1. The predicted octanol–water partition coefficient (Wildman–Crippen LogP) is 3.22. The van der Waals surface area contributed by atoms with Crippen molar-refractivity contribution in [2.24, 2.45) is 0 Å². The summed E-state index contributed by atoms with van der Waals surface area (Å²) < 4.78 is 8.39. The van der Waals surface area contributed by atoms with Gasteiger partial charge in [-0.3, -0.25) is 0 Å². The van der Waals surface area contributed by atoms with Gasteiger partial charge in [-0.15, -0.1) is 0 Å². The van der Waals surface area contributed by atoms with Gasteiger partial charge < -0.3 is 0 Å². The summed E-state index contributed by atoms with van der Waals surface area (Å²) in [4.78, 5) is 0. The van der Waals surface area contributed by atoms with Gasteiger partial charge in [0.05, 0.1) is 0 Å². The zero-order valence-corrected chi connectivity index (χ0v) is 10.7. The van der Waals surface area contributed by atoms with E-state index in [1.807, 2.05) is 7.11 Å². The second kappa shape index (κ2) is 8.87. The van der Waals surface area contributed by atoms with Crippen LogP contribution in [0, 0.1) is 0 Å². The van der Waals surface area contributed by atoms with Gasteiger partial charge in [0, 0.05) is 0 Å². The molecule has 0 saturated carbocycles. The van der Waals surface area contributed by atoms with Gasteiger partial charge in [-0.05, 0) is 0 Å². The molecule has 0 aromatic rings. The van der Waals surface area contributed by atoms with Crippen LogP contribution in [-0.4, -0.2) is 27.7 Å². The van der Waals surface area contributed by atoms with E-state index in [1.165, 1.54) is 34.4 Å². The monoisotopic (exact) mass is 266 g/mol. The molecule has 0 heterocycles. The van der Waals surface area contributed by atoms with Crippen molar-refractivity contribution in [3.05, 3.63) is 0 Å². The van der Waals surface area contributed by atoms with E-state index in [0.717, 1.165) is 0 Å². The summed E-state index contributed by atoms with van der Waals surface area (Å²) in [6.45, 7) is 4.52. The molecule has 0 aliphatic rings. The molecule has 11 heavy (non-hydrogen) atoms. The molecule has 0 aromatic carbocycles. The fourth-order valence-corrected chi connectivity index (χ4v) is 6.46. The first kappa shape index (κ1) is 11.8. The van der Waals surface area contributed by atoms with Crippen molar-refractivity contribution in [3.63, 3.8) is 0 Å². The summed E-state index contributed by atoms with van der Waals surface area (Å²) in [5, 5.41) is 0. The number of rotatable bonds is 7. The number of hydrogen-bond donors (Lipinski definition) is 0. The van der Waals surface area contributed by atoms with Crippen molar-refractivity contribution >= 4 is 20.6 Å². The van der Waals surface area contributed by atoms with Crippen molar-refractivity contribution in [1.29, 1.82) is 0 Å². The Bertz CT molecular complexity index is 68.0. The van der Waals surface area contributed by atoms with Gasteiger partial charge in [0.25, 0.3) is 0 Å². The Morgan fingerprint density at radius 1 is 1.00 bits per heavy atom. The van der Waals surface area contributed by atoms with Crippen LogP contribution in [0.25, 0.3) is 0 Å². The molecule has 0 saturated heterocycles. The Labute approximate surface area is 79.0 Å². The molecule has 0 bridgehead atoms. The third-order valence-electron chi connectivity index (χ3n) is 1.78. The van der Waals surface area contributed by atoms with Crippen molar-refractivity contribution < 1.29 is 3.02 Å². The fourth-order valence-electron chi connectivity index (χ4n) is 0.963. The van der Waals surface area contributed by atoms with Gasteiger partial charge in [0.15, 0.2) is 0 Å². The molecular weight excluding hydrogens is 246 g/mol. The van der Waals surface area contributed by atoms with Crippen molar-refractivity contribution in [2.75, 3.05) is 7.11 Å². The first-order chi connectivity index (χ1) is 5.35. The normalized spacial score (nSPS) is 10.9. The molecule has 0 fully saturated rings. The number of unbranched alkanes of at least 4 members (excludes halogenated alkanes) is 2. The summed E-state index contributed by atoms with van der Waals surface area (Å²) in [6.07, 6.45) is 5.44. The quantitative estimate of drug-likeness (QED) is 0.643. The Morgan fingerprint density at radius 3 is 1.73 bits per heavy atom. The van der Waals surface area contributed by atoms with Crippen LogP contribution in [-0.2, 0) is 3.02 Å². The molecule has 0 amide bonds. The van der Waals surface area contributed by atoms with Crippen LogP contribution in [0.3, 0.4) is 0 Å². The second-order valence-electron chi connectivity index (χ2n) is 2.82. The van der Waals surface area contributed by atoms with Crippen molar-refractivity contribution in [2.45, 2.75) is 48.3 Å². The van der Waals surface area contributed by atoms with Crippen LogP contribution in [0.1, 0.15) is 39.5 Å². The predicted molar refractivity (Wildman–Crippen MR) is 52.2 cm³/mol. The van der Waals surface area contributed by atoms with Crippen molar-refractivity contribution in [3.8, 4) is 0 Å². The van der Waals surface area contributed by atoms with Gasteiger partial charge in [-0.1, -0.05) is 0 Å². The summed E-state index contributed by atoms with van der Waals surface area (Å²) in [5.74, 6) is 0. The van der Waals surface area contributed by atoms with Crippen molar-refractivity contribution in [1.82, 2.24) is 0 Å². The molecule has 0 spiro atoms. The van der Waals surface area contributed by atoms with Gasteiger partial charge in [-0.25, -0.2) is 0 Å². The molecule has 68 valence electrons. The number of hydrogen-bond acceptors (Lipinski definition) is 1. The fraction of sp³-hybridized carbons (Fsp3) is 1.00. The third kappa shape index (κ3) is 7.15. The van der Waals surface area contributed by atoms with Crippen LogP contribution in [0.15, 0.2) is 0 Å². The molecule has 0 rings (SSSR count). The summed E-state index contributed by atoms with van der Waals surface area (Å²) in [6, 6.07) is 0. The van der Waals surface area contributed by atoms with E-state index in [1.54, 1.807) is 0 Å². The molecule has 0 N–H and O–H groups in total. The molecule has 0 radical (unpaired) electrons. The zero-order chi connectivity index (χ0) is 8.53. The molecule has 0 aliphatic carbocycles. The van der Waals surface area contributed by atoms with Crippen LogP contribution < -0.4 is 0 Å². The first-order valence-corrected chi connectivity index (χ1v) is 9.29.